The molecule has 0 aliphatic carbocycles. The highest BCUT2D eigenvalue weighted by atomic mass is 32.1. The molecule has 0 aromatic rings. The fourth-order valence-corrected chi connectivity index (χ4v) is 0.492. The van der Waals surface area contributed by atoms with Crippen LogP contribution >= 0.6 is 12.6 Å². The molecule has 0 rings (SSSR count). The molecule has 0 radical (unpaired) electrons. The highest BCUT2D eigenvalue weighted by molar-refractivity contribution is 7.84. The summed E-state index contributed by atoms with van der Waals surface area (Å²) in [5, 5.41) is 0. The molecule has 0 aromatic heterocycles. The lowest BCUT2D eigenvalue weighted by Crippen LogP contribution is -2.07. The molecule has 11 heavy (non-hydrogen) atoms. The Balaban J connectivity index is 4.35. The molecule has 0 aliphatic rings. The Bertz CT molecular complexity index is 177. The number of methoxy groups -OCH3 is 1. The zero-order valence-electron chi connectivity index (χ0n) is 7.34. The summed E-state index contributed by atoms with van der Waals surface area (Å²) in [6, 6.07) is 0. The summed E-state index contributed by atoms with van der Waals surface area (Å²) in [7, 11) is 1.35. The fraction of sp³-hybridized carbons (Fsp3) is 0.625. The summed E-state index contributed by atoms with van der Waals surface area (Å²) in [5.74, 6) is -0.357. The summed E-state index contributed by atoms with van der Waals surface area (Å²) in [5.41, 5.74) is -0.0860. The van der Waals surface area contributed by atoms with Crippen LogP contribution in [0.2, 0.25) is 0 Å². The lowest BCUT2D eigenvalue weighted by molar-refractivity contribution is -0.134. The van der Waals surface area contributed by atoms with Gasteiger partial charge in [-0.05, 0) is 10.3 Å². The third-order valence-corrected chi connectivity index (χ3v) is 2.02. The number of ether oxygens (including phenoxy) is 1. The average molecular weight is 174 g/mol. The molecular formula is C8H14O2S. The monoisotopic (exact) mass is 174 g/mol. The van der Waals surface area contributed by atoms with Crippen molar-refractivity contribution in [2.45, 2.75) is 20.8 Å². The summed E-state index contributed by atoms with van der Waals surface area (Å²) in [6.07, 6.45) is 1.39. The van der Waals surface area contributed by atoms with Crippen LogP contribution in [0.3, 0.4) is 0 Å². The maximum Gasteiger partial charge on any atom is 0.331 e. The quantitative estimate of drug-likeness (QED) is 0.374. The Labute approximate surface area is 73.0 Å². The number of hydrogen-bond donors (Lipinski definition) is 1. The number of rotatable bonds is 1. The molecule has 0 amide bonds. The number of carbonyl (C=O) groups is 1. The van der Waals surface area contributed by atoms with Crippen molar-refractivity contribution in [1.29, 1.82) is 0 Å². The molecule has 64 valence electrons. The van der Waals surface area contributed by atoms with E-state index in [2.05, 4.69) is 17.4 Å². The Morgan fingerprint density at radius 2 is 1.91 bits per heavy atom. The predicted molar refractivity (Wildman–Crippen MR) is 48.5 cm³/mol. The molecule has 2 nitrogen and oxygen atoms in total. The molecular weight excluding hydrogens is 160 g/mol. The molecule has 0 aromatic carbocycles. The lowest BCUT2D eigenvalue weighted by atomic mass is 9.96. The Morgan fingerprint density at radius 3 is 2.18 bits per heavy atom. The van der Waals surface area contributed by atoms with Crippen LogP contribution in [0.5, 0.6) is 0 Å². The third-order valence-electron chi connectivity index (χ3n) is 1.22. The largest absolute Gasteiger partial charge is 0.466 e. The van der Waals surface area contributed by atoms with Gasteiger partial charge in [-0.1, -0.05) is 20.8 Å². The minimum absolute atomic E-state index is 0.0860. The van der Waals surface area contributed by atoms with Crippen LogP contribution in [0.4, 0.5) is 0 Å². The van der Waals surface area contributed by atoms with Crippen molar-refractivity contribution in [2.24, 2.45) is 5.41 Å². The molecule has 0 heterocycles. The third kappa shape index (κ3) is 4.09. The van der Waals surface area contributed by atoms with E-state index in [4.69, 9.17) is 0 Å². The highest BCUT2D eigenvalue weighted by Gasteiger charge is 2.14. The first-order valence-corrected chi connectivity index (χ1v) is 3.81. The van der Waals surface area contributed by atoms with Crippen LogP contribution in [0.15, 0.2) is 11.0 Å². The van der Waals surface area contributed by atoms with Gasteiger partial charge in [0, 0.05) is 6.08 Å². The Kier molecular flexibility index (Phi) is 3.66. The van der Waals surface area contributed by atoms with Crippen molar-refractivity contribution < 1.29 is 9.53 Å². The first-order valence-electron chi connectivity index (χ1n) is 3.37. The van der Waals surface area contributed by atoms with E-state index in [1.807, 2.05) is 20.8 Å². The second-order valence-electron chi connectivity index (χ2n) is 3.30. The maximum atomic E-state index is 10.7. The van der Waals surface area contributed by atoms with Gasteiger partial charge >= 0.3 is 5.97 Å². The molecule has 0 atom stereocenters. The van der Waals surface area contributed by atoms with Crippen molar-refractivity contribution in [3.05, 3.63) is 11.0 Å². The Hall–Kier alpha value is -0.440. The van der Waals surface area contributed by atoms with E-state index in [0.717, 1.165) is 4.91 Å². The zero-order chi connectivity index (χ0) is 9.07. The Morgan fingerprint density at radius 1 is 1.45 bits per heavy atom. The van der Waals surface area contributed by atoms with E-state index >= 15 is 0 Å². The van der Waals surface area contributed by atoms with Crippen LogP contribution in [0.1, 0.15) is 20.8 Å². The molecule has 0 saturated carbocycles. The molecule has 0 saturated heterocycles. The van der Waals surface area contributed by atoms with Crippen molar-refractivity contribution in [3.63, 3.8) is 0 Å². The van der Waals surface area contributed by atoms with E-state index in [0.29, 0.717) is 0 Å². The summed E-state index contributed by atoms with van der Waals surface area (Å²) < 4.78 is 4.45. The molecule has 0 bridgehead atoms. The zero-order valence-corrected chi connectivity index (χ0v) is 8.24. The van der Waals surface area contributed by atoms with Crippen LogP contribution in [-0.2, 0) is 9.53 Å². The van der Waals surface area contributed by atoms with Crippen molar-refractivity contribution in [2.75, 3.05) is 7.11 Å². The number of esters is 1. The minimum Gasteiger partial charge on any atom is -0.466 e. The molecule has 0 unspecified atom stereocenters. The second kappa shape index (κ2) is 3.81. The van der Waals surface area contributed by atoms with Crippen LogP contribution in [0, 0.1) is 5.41 Å². The van der Waals surface area contributed by atoms with Crippen molar-refractivity contribution in [1.82, 2.24) is 0 Å². The van der Waals surface area contributed by atoms with E-state index in [1.54, 1.807) is 0 Å². The summed E-state index contributed by atoms with van der Waals surface area (Å²) in [4.78, 5) is 11.4. The van der Waals surface area contributed by atoms with Crippen molar-refractivity contribution in [3.8, 4) is 0 Å². The molecule has 0 spiro atoms. The van der Waals surface area contributed by atoms with Gasteiger partial charge in [-0.2, -0.15) is 0 Å². The molecule has 0 fully saturated rings. The molecule has 0 N–H and O–H groups in total. The van der Waals surface area contributed by atoms with Gasteiger partial charge in [-0.3, -0.25) is 0 Å². The van der Waals surface area contributed by atoms with Crippen LogP contribution in [-0.4, -0.2) is 13.1 Å². The first kappa shape index (κ1) is 10.6. The maximum absolute atomic E-state index is 10.7. The summed E-state index contributed by atoms with van der Waals surface area (Å²) >= 11 is 4.16. The normalized spacial score (nSPS) is 13.0. The fourth-order valence-electron chi connectivity index (χ4n) is 0.387. The van der Waals surface area contributed by atoms with Gasteiger partial charge in [-0.25, -0.2) is 4.79 Å². The molecule has 0 aliphatic heterocycles. The van der Waals surface area contributed by atoms with E-state index in [9.17, 15) is 4.79 Å². The van der Waals surface area contributed by atoms with Crippen molar-refractivity contribution >= 4 is 18.6 Å². The number of hydrogen-bond acceptors (Lipinski definition) is 3. The standard InChI is InChI=1S/C8H14O2S/c1-8(2,3)6(11)5-7(9)10-4/h5,11H,1-4H3/b6-5+. The first-order chi connectivity index (χ1) is 4.88. The van der Waals surface area contributed by atoms with Gasteiger partial charge in [0.2, 0.25) is 0 Å². The topological polar surface area (TPSA) is 26.3 Å². The van der Waals surface area contributed by atoms with Gasteiger partial charge in [0.05, 0.1) is 7.11 Å². The van der Waals surface area contributed by atoms with Crippen LogP contribution in [0.25, 0.3) is 0 Å². The van der Waals surface area contributed by atoms with E-state index in [-0.39, 0.29) is 11.4 Å². The SMILES string of the molecule is COC(=O)/C=C(/S)C(C)(C)C. The minimum atomic E-state index is -0.357. The smallest absolute Gasteiger partial charge is 0.331 e. The summed E-state index contributed by atoms with van der Waals surface area (Å²) in [6.45, 7) is 5.94. The van der Waals surface area contributed by atoms with E-state index < -0.39 is 0 Å². The second-order valence-corrected chi connectivity index (χ2v) is 3.78. The van der Waals surface area contributed by atoms with Gasteiger partial charge in [0.25, 0.3) is 0 Å². The average Bonchev–Trinajstić information content (AvgIpc) is 1.85. The van der Waals surface area contributed by atoms with E-state index in [1.165, 1.54) is 13.2 Å². The highest BCUT2D eigenvalue weighted by Crippen LogP contribution is 2.27. The van der Waals surface area contributed by atoms with Gasteiger partial charge in [0.15, 0.2) is 0 Å². The van der Waals surface area contributed by atoms with Crippen LogP contribution < -0.4 is 0 Å². The predicted octanol–water partition coefficient (Wildman–Crippen LogP) is 2.02. The van der Waals surface area contributed by atoms with Gasteiger partial charge < -0.3 is 4.74 Å². The number of thiol groups is 1. The number of carbonyl (C=O) groups excluding carboxylic acids is 1. The lowest BCUT2D eigenvalue weighted by Gasteiger charge is -2.17. The van der Waals surface area contributed by atoms with Gasteiger partial charge in [-0.15, -0.1) is 12.6 Å². The molecule has 3 heteroatoms. The number of allylic oxidation sites excluding steroid dienone is 1. The van der Waals surface area contributed by atoms with Gasteiger partial charge in [0.1, 0.15) is 0 Å².